The monoisotopic (exact) mass is 244 g/mol. The highest BCUT2D eigenvalue weighted by Gasteiger charge is 2.65. The fraction of sp³-hybridized carbons (Fsp3) is 0.733. The lowest BCUT2D eigenvalue weighted by atomic mass is 9.76. The van der Waals surface area contributed by atoms with Crippen molar-refractivity contribution in [3.8, 4) is 0 Å². The van der Waals surface area contributed by atoms with E-state index in [1.807, 2.05) is 0 Å². The van der Waals surface area contributed by atoms with E-state index in [0.29, 0.717) is 11.8 Å². The lowest BCUT2D eigenvalue weighted by Gasteiger charge is -2.25. The Morgan fingerprint density at radius 2 is 1.39 bits per heavy atom. The van der Waals surface area contributed by atoms with Gasteiger partial charge in [-0.05, 0) is 49.4 Å². The number of carbonyl (C=O) groups excluding carboxylic acids is 2. The molecule has 0 N–H and O–H groups in total. The van der Waals surface area contributed by atoms with Crippen molar-refractivity contribution in [2.24, 2.45) is 35.5 Å². The molecule has 0 amide bonds. The molecular weight excluding hydrogens is 228 g/mol. The predicted molar refractivity (Wildman–Crippen MR) is 62.2 cm³/mol. The standard InChI is InChI=1S/C15H16O3/c16-14-12-8-5-9(13(12)15(17)18-14)11-7-3-1-2-6(4-7)10(8)11/h6-9,12-13H,1-5H2/t6-,7-,8-,9-,12-,13-/m0/s1. The van der Waals surface area contributed by atoms with Crippen molar-refractivity contribution in [2.45, 2.75) is 32.1 Å². The lowest BCUT2D eigenvalue weighted by molar-refractivity contribution is -0.154. The zero-order valence-corrected chi connectivity index (χ0v) is 10.2. The van der Waals surface area contributed by atoms with E-state index in [2.05, 4.69) is 0 Å². The number of fused-ring (bicyclic) bond motifs is 11. The largest absolute Gasteiger partial charge is 0.393 e. The van der Waals surface area contributed by atoms with Crippen LogP contribution in [0.4, 0.5) is 0 Å². The molecule has 0 radical (unpaired) electrons. The van der Waals surface area contributed by atoms with Gasteiger partial charge in [-0.3, -0.25) is 9.59 Å². The number of hydrogen-bond acceptors (Lipinski definition) is 3. The average Bonchev–Trinajstić information content (AvgIpc) is 3.04. The highest BCUT2D eigenvalue weighted by Crippen LogP contribution is 2.66. The maximum Gasteiger partial charge on any atom is 0.318 e. The average molecular weight is 244 g/mol. The molecule has 3 heteroatoms. The number of cyclic esters (lactones) is 2. The first-order valence-corrected chi connectivity index (χ1v) is 7.25. The summed E-state index contributed by atoms with van der Waals surface area (Å²) >= 11 is 0. The molecule has 0 aromatic carbocycles. The van der Waals surface area contributed by atoms with E-state index in [9.17, 15) is 9.59 Å². The molecule has 18 heavy (non-hydrogen) atoms. The van der Waals surface area contributed by atoms with Crippen molar-refractivity contribution in [1.82, 2.24) is 0 Å². The second-order valence-corrected chi connectivity index (χ2v) is 6.71. The van der Waals surface area contributed by atoms with E-state index < -0.39 is 0 Å². The van der Waals surface area contributed by atoms with Crippen LogP contribution in [0.25, 0.3) is 0 Å². The maximum atomic E-state index is 11.9. The molecule has 3 nitrogen and oxygen atoms in total. The van der Waals surface area contributed by atoms with Gasteiger partial charge in [0.1, 0.15) is 0 Å². The zero-order chi connectivity index (χ0) is 12.0. The molecule has 6 atom stereocenters. The minimum atomic E-state index is -0.231. The molecular formula is C15H16O3. The molecule has 94 valence electrons. The Kier molecular flexibility index (Phi) is 1.57. The van der Waals surface area contributed by atoms with E-state index in [1.54, 1.807) is 11.1 Å². The molecule has 0 spiro atoms. The fourth-order valence-corrected chi connectivity index (χ4v) is 5.82. The van der Waals surface area contributed by atoms with Gasteiger partial charge in [-0.15, -0.1) is 0 Å². The van der Waals surface area contributed by atoms with Gasteiger partial charge in [0, 0.05) is 0 Å². The highest BCUT2D eigenvalue weighted by atomic mass is 16.6. The topological polar surface area (TPSA) is 43.4 Å². The highest BCUT2D eigenvalue weighted by molar-refractivity contribution is 5.98. The van der Waals surface area contributed by atoms with Crippen LogP contribution in [0, 0.1) is 35.5 Å². The molecule has 5 aliphatic rings. The summed E-state index contributed by atoms with van der Waals surface area (Å²) < 4.78 is 4.89. The summed E-state index contributed by atoms with van der Waals surface area (Å²) in [5, 5.41) is 0. The summed E-state index contributed by atoms with van der Waals surface area (Å²) in [6.07, 6.45) is 6.31. The summed E-state index contributed by atoms with van der Waals surface area (Å²) in [5.74, 6) is 1.51. The SMILES string of the molecule is O=C1OC(=O)[C@@H]2[C@@H]1[C@H]1C[C@H]2C2=C1[C@H]1CCC[C@H]2C1. The summed E-state index contributed by atoms with van der Waals surface area (Å²) in [7, 11) is 0. The van der Waals surface area contributed by atoms with Crippen molar-refractivity contribution in [2.75, 3.05) is 0 Å². The van der Waals surface area contributed by atoms with Gasteiger partial charge >= 0.3 is 11.9 Å². The summed E-state index contributed by atoms with van der Waals surface area (Å²) in [6, 6.07) is 0. The van der Waals surface area contributed by atoms with Gasteiger partial charge in [0.25, 0.3) is 0 Å². The number of esters is 2. The van der Waals surface area contributed by atoms with Crippen LogP contribution in [0.5, 0.6) is 0 Å². The quantitative estimate of drug-likeness (QED) is 0.283. The fourth-order valence-electron chi connectivity index (χ4n) is 5.82. The third kappa shape index (κ3) is 0.886. The smallest absolute Gasteiger partial charge is 0.318 e. The van der Waals surface area contributed by atoms with Crippen LogP contribution >= 0.6 is 0 Å². The molecule has 0 aromatic rings. The normalized spacial score (nSPS) is 51.8. The Hall–Kier alpha value is -1.12. The molecule has 4 bridgehead atoms. The summed E-state index contributed by atoms with van der Waals surface area (Å²) in [4.78, 5) is 23.7. The second-order valence-electron chi connectivity index (χ2n) is 6.71. The first-order valence-electron chi connectivity index (χ1n) is 7.25. The molecule has 4 aliphatic carbocycles. The van der Waals surface area contributed by atoms with Gasteiger partial charge < -0.3 is 4.74 Å². The van der Waals surface area contributed by atoms with Crippen LogP contribution in [0.2, 0.25) is 0 Å². The van der Waals surface area contributed by atoms with E-state index in [1.165, 1.54) is 25.7 Å². The first-order chi connectivity index (χ1) is 8.75. The maximum absolute atomic E-state index is 11.9. The van der Waals surface area contributed by atoms with Crippen molar-refractivity contribution in [1.29, 1.82) is 0 Å². The number of ether oxygens (including phenoxy) is 1. The van der Waals surface area contributed by atoms with Crippen molar-refractivity contribution in [3.63, 3.8) is 0 Å². The van der Waals surface area contributed by atoms with Gasteiger partial charge in [-0.1, -0.05) is 17.6 Å². The van der Waals surface area contributed by atoms with Gasteiger partial charge in [-0.25, -0.2) is 0 Å². The number of allylic oxidation sites excluding steroid dienone is 2. The molecule has 3 fully saturated rings. The van der Waals surface area contributed by atoms with E-state index in [4.69, 9.17) is 4.74 Å². The van der Waals surface area contributed by atoms with Crippen molar-refractivity contribution in [3.05, 3.63) is 11.1 Å². The van der Waals surface area contributed by atoms with Crippen LogP contribution in [-0.2, 0) is 14.3 Å². The molecule has 5 rings (SSSR count). The Morgan fingerprint density at radius 1 is 0.833 bits per heavy atom. The van der Waals surface area contributed by atoms with E-state index in [0.717, 1.165) is 18.3 Å². The molecule has 0 unspecified atom stereocenters. The second kappa shape index (κ2) is 2.89. The van der Waals surface area contributed by atoms with Crippen LogP contribution in [0.3, 0.4) is 0 Å². The summed E-state index contributed by atoms with van der Waals surface area (Å²) in [5.41, 5.74) is 3.21. The molecule has 0 aromatic heterocycles. The van der Waals surface area contributed by atoms with Gasteiger partial charge in [-0.2, -0.15) is 0 Å². The van der Waals surface area contributed by atoms with Gasteiger partial charge in [0.05, 0.1) is 11.8 Å². The van der Waals surface area contributed by atoms with Gasteiger partial charge in [0.15, 0.2) is 0 Å². The predicted octanol–water partition coefficient (Wildman–Crippen LogP) is 2.07. The molecule has 1 saturated heterocycles. The van der Waals surface area contributed by atoms with Crippen molar-refractivity contribution < 1.29 is 14.3 Å². The Labute approximate surface area is 106 Å². The third-order valence-corrected chi connectivity index (χ3v) is 6.19. The Morgan fingerprint density at radius 3 is 1.94 bits per heavy atom. The molecule has 1 heterocycles. The third-order valence-electron chi connectivity index (χ3n) is 6.19. The van der Waals surface area contributed by atoms with Crippen LogP contribution in [-0.4, -0.2) is 11.9 Å². The molecule has 2 saturated carbocycles. The van der Waals surface area contributed by atoms with E-state index in [-0.39, 0.29) is 23.8 Å². The number of rotatable bonds is 0. The van der Waals surface area contributed by atoms with Crippen LogP contribution in [0.15, 0.2) is 11.1 Å². The van der Waals surface area contributed by atoms with E-state index >= 15 is 0 Å². The van der Waals surface area contributed by atoms with Gasteiger partial charge in [0.2, 0.25) is 0 Å². The molecule has 1 aliphatic heterocycles. The van der Waals surface area contributed by atoms with Crippen LogP contribution < -0.4 is 0 Å². The Bertz CT molecular complexity index is 476. The number of carbonyl (C=O) groups is 2. The van der Waals surface area contributed by atoms with Crippen LogP contribution in [0.1, 0.15) is 32.1 Å². The minimum Gasteiger partial charge on any atom is -0.393 e. The lowest BCUT2D eigenvalue weighted by Crippen LogP contribution is -2.27. The number of hydrogen-bond donors (Lipinski definition) is 0. The minimum absolute atomic E-state index is 0.111. The zero-order valence-electron chi connectivity index (χ0n) is 10.2. The summed E-state index contributed by atoms with van der Waals surface area (Å²) in [6.45, 7) is 0. The van der Waals surface area contributed by atoms with Crippen molar-refractivity contribution >= 4 is 11.9 Å². The Balaban J connectivity index is 1.66. The first kappa shape index (κ1) is 9.76.